The number of amides is 1. The molecule has 1 aliphatic heterocycles. The largest absolute Gasteiger partial charge is 0.346 e. The first-order valence-electron chi connectivity index (χ1n) is 8.70. The van der Waals surface area contributed by atoms with Gasteiger partial charge in [0.25, 0.3) is 5.91 Å². The topological polar surface area (TPSA) is 71.2 Å². The van der Waals surface area contributed by atoms with Crippen molar-refractivity contribution in [2.24, 2.45) is 7.05 Å². The molecular formula is C17H27N7O. The van der Waals surface area contributed by atoms with E-state index in [0.717, 1.165) is 50.7 Å². The number of aromatic nitrogens is 4. The van der Waals surface area contributed by atoms with Crippen LogP contribution in [0.2, 0.25) is 0 Å². The minimum absolute atomic E-state index is 0.107. The summed E-state index contributed by atoms with van der Waals surface area (Å²) >= 11 is 0. The zero-order valence-corrected chi connectivity index (χ0v) is 15.3. The van der Waals surface area contributed by atoms with E-state index < -0.39 is 0 Å². The van der Waals surface area contributed by atoms with Crippen molar-refractivity contribution in [2.45, 2.75) is 19.5 Å². The standard InChI is InChI=1S/C17H27N7O/c1-21(2)6-7-23-5-4-16-18-11-15(24(16)9-8-23)12-19-17(25)14-10-20-22(3)13-14/h10-11,13H,4-9,12H2,1-3H3,(H,19,25). The summed E-state index contributed by atoms with van der Waals surface area (Å²) in [5.41, 5.74) is 1.63. The van der Waals surface area contributed by atoms with Gasteiger partial charge in [0.05, 0.1) is 30.2 Å². The van der Waals surface area contributed by atoms with Crippen LogP contribution in [0.5, 0.6) is 0 Å². The van der Waals surface area contributed by atoms with Crippen molar-refractivity contribution >= 4 is 5.91 Å². The number of carbonyl (C=O) groups excluding carboxylic acids is 1. The van der Waals surface area contributed by atoms with E-state index >= 15 is 0 Å². The quantitative estimate of drug-likeness (QED) is 0.796. The number of aryl methyl sites for hydroxylation is 1. The van der Waals surface area contributed by atoms with E-state index in [0.29, 0.717) is 12.1 Å². The van der Waals surface area contributed by atoms with Gasteiger partial charge in [-0.2, -0.15) is 5.10 Å². The maximum atomic E-state index is 12.2. The molecule has 0 aliphatic carbocycles. The number of hydrogen-bond donors (Lipinski definition) is 1. The lowest BCUT2D eigenvalue weighted by molar-refractivity contribution is 0.0950. The number of rotatable bonds is 6. The summed E-state index contributed by atoms with van der Waals surface area (Å²) in [7, 11) is 6.01. The Bertz CT molecular complexity index is 718. The Morgan fingerprint density at radius 3 is 2.84 bits per heavy atom. The highest BCUT2D eigenvalue weighted by Crippen LogP contribution is 2.12. The first-order valence-corrected chi connectivity index (χ1v) is 8.70. The van der Waals surface area contributed by atoms with Crippen molar-refractivity contribution in [1.29, 1.82) is 0 Å². The molecule has 0 unspecified atom stereocenters. The van der Waals surface area contributed by atoms with Crippen LogP contribution in [0.3, 0.4) is 0 Å². The molecule has 1 aliphatic rings. The van der Waals surface area contributed by atoms with E-state index in [1.165, 1.54) is 0 Å². The average Bonchev–Trinajstić information content (AvgIpc) is 3.12. The van der Waals surface area contributed by atoms with Gasteiger partial charge in [0.15, 0.2) is 0 Å². The van der Waals surface area contributed by atoms with Gasteiger partial charge in [-0.1, -0.05) is 0 Å². The number of carbonyl (C=O) groups is 1. The molecule has 8 nitrogen and oxygen atoms in total. The van der Waals surface area contributed by atoms with Gasteiger partial charge in [-0.3, -0.25) is 14.4 Å². The third-order valence-electron chi connectivity index (χ3n) is 4.57. The molecule has 0 aromatic carbocycles. The third kappa shape index (κ3) is 4.46. The lowest BCUT2D eigenvalue weighted by atomic mass is 10.3. The van der Waals surface area contributed by atoms with E-state index in [1.54, 1.807) is 24.1 Å². The van der Waals surface area contributed by atoms with Crippen molar-refractivity contribution in [3.05, 3.63) is 35.7 Å². The van der Waals surface area contributed by atoms with Gasteiger partial charge in [0.1, 0.15) is 5.82 Å². The summed E-state index contributed by atoms with van der Waals surface area (Å²) in [4.78, 5) is 21.4. The highest BCUT2D eigenvalue weighted by Gasteiger charge is 2.18. The molecule has 2 aromatic heterocycles. The minimum atomic E-state index is -0.107. The van der Waals surface area contributed by atoms with Crippen LogP contribution in [0.25, 0.3) is 0 Å². The molecule has 1 N–H and O–H groups in total. The summed E-state index contributed by atoms with van der Waals surface area (Å²) in [6, 6.07) is 0. The van der Waals surface area contributed by atoms with Crippen LogP contribution in [0, 0.1) is 0 Å². The van der Waals surface area contributed by atoms with Crippen LogP contribution < -0.4 is 5.32 Å². The first-order chi connectivity index (χ1) is 12.0. The summed E-state index contributed by atoms with van der Waals surface area (Å²) in [5, 5.41) is 7.00. The Kier molecular flexibility index (Phi) is 5.50. The van der Waals surface area contributed by atoms with Gasteiger partial charge >= 0.3 is 0 Å². The Morgan fingerprint density at radius 2 is 2.12 bits per heavy atom. The smallest absolute Gasteiger partial charge is 0.254 e. The van der Waals surface area contributed by atoms with Crippen molar-refractivity contribution in [2.75, 3.05) is 40.3 Å². The van der Waals surface area contributed by atoms with Gasteiger partial charge in [0.2, 0.25) is 0 Å². The Labute approximate surface area is 148 Å². The molecule has 25 heavy (non-hydrogen) atoms. The number of fused-ring (bicyclic) bond motifs is 1. The summed E-state index contributed by atoms with van der Waals surface area (Å²) in [6.07, 6.45) is 6.13. The van der Waals surface area contributed by atoms with Crippen LogP contribution in [-0.4, -0.2) is 75.3 Å². The zero-order chi connectivity index (χ0) is 17.8. The molecule has 0 atom stereocenters. The van der Waals surface area contributed by atoms with Crippen molar-refractivity contribution in [3.8, 4) is 0 Å². The molecule has 0 saturated carbocycles. The average molecular weight is 345 g/mol. The van der Waals surface area contributed by atoms with Gasteiger partial charge in [-0.05, 0) is 14.1 Å². The van der Waals surface area contributed by atoms with E-state index in [2.05, 4.69) is 43.9 Å². The fraction of sp³-hybridized carbons (Fsp3) is 0.588. The van der Waals surface area contributed by atoms with Crippen molar-refractivity contribution < 1.29 is 4.79 Å². The van der Waals surface area contributed by atoms with Crippen LogP contribution in [0.4, 0.5) is 0 Å². The van der Waals surface area contributed by atoms with E-state index in [1.807, 2.05) is 6.20 Å². The number of nitrogens with one attached hydrogen (secondary N) is 1. The second-order valence-electron chi connectivity index (χ2n) is 6.80. The number of hydrogen-bond acceptors (Lipinski definition) is 5. The number of imidazole rings is 1. The Balaban J connectivity index is 1.57. The molecule has 0 saturated heterocycles. The Morgan fingerprint density at radius 1 is 1.28 bits per heavy atom. The summed E-state index contributed by atoms with van der Waals surface area (Å²) in [5.74, 6) is 1.00. The molecule has 0 spiro atoms. The van der Waals surface area contributed by atoms with Crippen LogP contribution in [-0.2, 0) is 26.6 Å². The van der Waals surface area contributed by atoms with Gasteiger partial charge < -0.3 is 14.8 Å². The molecule has 1 amide bonds. The molecule has 0 bridgehead atoms. The fourth-order valence-corrected chi connectivity index (χ4v) is 3.06. The lowest BCUT2D eigenvalue weighted by Gasteiger charge is -2.21. The molecule has 0 fully saturated rings. The van der Waals surface area contributed by atoms with Crippen molar-refractivity contribution in [3.63, 3.8) is 0 Å². The molecular weight excluding hydrogens is 318 g/mol. The molecule has 0 radical (unpaired) electrons. The third-order valence-corrected chi connectivity index (χ3v) is 4.57. The molecule has 136 valence electrons. The molecule has 2 aromatic rings. The Hall–Kier alpha value is -2.19. The second kappa shape index (κ2) is 7.79. The number of likely N-dealkylation sites (N-methyl/N-ethyl adjacent to an activating group) is 1. The normalized spacial score (nSPS) is 15.2. The molecule has 8 heteroatoms. The highest BCUT2D eigenvalue weighted by molar-refractivity contribution is 5.93. The van der Waals surface area contributed by atoms with E-state index in [9.17, 15) is 4.79 Å². The maximum Gasteiger partial charge on any atom is 0.254 e. The predicted octanol–water partition coefficient (Wildman–Crippen LogP) is -0.0337. The monoisotopic (exact) mass is 345 g/mol. The zero-order valence-electron chi connectivity index (χ0n) is 15.3. The maximum absolute atomic E-state index is 12.2. The van der Waals surface area contributed by atoms with Gasteiger partial charge in [-0.15, -0.1) is 0 Å². The summed E-state index contributed by atoms with van der Waals surface area (Å²) in [6.45, 7) is 5.59. The predicted molar refractivity (Wildman–Crippen MR) is 95.3 cm³/mol. The van der Waals surface area contributed by atoms with Crippen LogP contribution >= 0.6 is 0 Å². The summed E-state index contributed by atoms with van der Waals surface area (Å²) < 4.78 is 3.88. The van der Waals surface area contributed by atoms with E-state index in [4.69, 9.17) is 0 Å². The number of nitrogens with zero attached hydrogens (tertiary/aromatic N) is 6. The molecule has 3 rings (SSSR count). The van der Waals surface area contributed by atoms with Crippen molar-refractivity contribution in [1.82, 2.24) is 34.4 Å². The minimum Gasteiger partial charge on any atom is -0.346 e. The fourth-order valence-electron chi connectivity index (χ4n) is 3.06. The second-order valence-corrected chi connectivity index (χ2v) is 6.80. The van der Waals surface area contributed by atoms with Crippen LogP contribution in [0.15, 0.2) is 18.6 Å². The SMILES string of the molecule is CN(C)CCN1CCc2ncc(CNC(=O)c3cnn(C)c3)n2CC1. The van der Waals surface area contributed by atoms with Gasteiger partial charge in [0, 0.05) is 52.4 Å². The lowest BCUT2D eigenvalue weighted by Crippen LogP contribution is -2.34. The molecule has 3 heterocycles. The first kappa shape index (κ1) is 17.6. The van der Waals surface area contributed by atoms with Gasteiger partial charge in [-0.25, -0.2) is 4.98 Å². The van der Waals surface area contributed by atoms with Crippen LogP contribution in [0.1, 0.15) is 21.9 Å². The van der Waals surface area contributed by atoms with E-state index in [-0.39, 0.29) is 5.91 Å². The highest BCUT2D eigenvalue weighted by atomic mass is 16.1.